The summed E-state index contributed by atoms with van der Waals surface area (Å²) >= 11 is 0. The Kier molecular flexibility index (Phi) is 7.88. The van der Waals surface area contributed by atoms with Gasteiger partial charge in [0, 0.05) is 5.69 Å². The molecule has 0 fully saturated rings. The Balaban J connectivity index is 1.52. The van der Waals surface area contributed by atoms with Gasteiger partial charge in [-0.1, -0.05) is 54.1 Å². The van der Waals surface area contributed by atoms with Crippen molar-refractivity contribution in [1.82, 2.24) is 10.8 Å². The number of benzene rings is 3. The molecule has 0 bridgehead atoms. The molecule has 8 heteroatoms. The third kappa shape index (κ3) is 6.47. The van der Waals surface area contributed by atoms with Crippen molar-refractivity contribution in [3.8, 4) is 0 Å². The molecule has 33 heavy (non-hydrogen) atoms. The number of imide groups is 1. The summed E-state index contributed by atoms with van der Waals surface area (Å²) < 4.78 is 27.3. The zero-order valence-corrected chi connectivity index (χ0v) is 18.1. The number of hydrogen-bond acceptors (Lipinski definition) is 4. The SMILES string of the molecule is CC(C)=C(NOCc1ccc(NC(=O)NC(=O)c2c(F)cccc2F)cc1)c1ccccc1. The molecule has 3 aromatic carbocycles. The fourth-order valence-electron chi connectivity index (χ4n) is 2.97. The Morgan fingerprint density at radius 2 is 1.48 bits per heavy atom. The van der Waals surface area contributed by atoms with Gasteiger partial charge in [-0.3, -0.25) is 20.4 Å². The molecule has 0 heterocycles. The minimum absolute atomic E-state index is 0.265. The number of halogens is 2. The summed E-state index contributed by atoms with van der Waals surface area (Å²) in [5.41, 5.74) is 6.33. The maximum atomic E-state index is 13.7. The number of nitrogens with one attached hydrogen (secondary N) is 3. The summed E-state index contributed by atoms with van der Waals surface area (Å²) in [6.07, 6.45) is 0. The summed E-state index contributed by atoms with van der Waals surface area (Å²) in [5, 5.41) is 4.34. The van der Waals surface area contributed by atoms with Crippen molar-refractivity contribution >= 4 is 23.3 Å². The van der Waals surface area contributed by atoms with Crippen molar-refractivity contribution in [2.24, 2.45) is 0 Å². The molecular formula is C25H23F2N3O3. The first-order chi connectivity index (χ1) is 15.8. The predicted molar refractivity (Wildman–Crippen MR) is 122 cm³/mol. The number of hydroxylamine groups is 1. The summed E-state index contributed by atoms with van der Waals surface area (Å²) in [4.78, 5) is 29.6. The van der Waals surface area contributed by atoms with Gasteiger partial charge in [0.05, 0.1) is 12.3 Å². The Bertz CT molecular complexity index is 1140. The van der Waals surface area contributed by atoms with Crippen LogP contribution >= 0.6 is 0 Å². The van der Waals surface area contributed by atoms with E-state index in [2.05, 4.69) is 10.8 Å². The van der Waals surface area contributed by atoms with Crippen molar-refractivity contribution in [1.29, 1.82) is 0 Å². The third-order valence-electron chi connectivity index (χ3n) is 4.60. The minimum Gasteiger partial charge on any atom is -0.308 e. The fourth-order valence-corrected chi connectivity index (χ4v) is 2.97. The number of amides is 3. The van der Waals surface area contributed by atoms with Gasteiger partial charge in [0.15, 0.2) is 0 Å². The molecule has 170 valence electrons. The van der Waals surface area contributed by atoms with E-state index in [0.29, 0.717) is 5.69 Å². The molecule has 0 aliphatic carbocycles. The number of urea groups is 1. The van der Waals surface area contributed by atoms with E-state index in [1.165, 1.54) is 0 Å². The first-order valence-corrected chi connectivity index (χ1v) is 10.1. The quantitative estimate of drug-likeness (QED) is 0.421. The topological polar surface area (TPSA) is 79.5 Å². The van der Waals surface area contributed by atoms with Crippen LogP contribution in [0.5, 0.6) is 0 Å². The van der Waals surface area contributed by atoms with Crippen molar-refractivity contribution in [2.45, 2.75) is 20.5 Å². The molecule has 0 saturated carbocycles. The molecule has 3 N–H and O–H groups in total. The first kappa shape index (κ1) is 23.6. The smallest absolute Gasteiger partial charge is 0.308 e. The lowest BCUT2D eigenvalue weighted by Gasteiger charge is -2.14. The van der Waals surface area contributed by atoms with Crippen molar-refractivity contribution < 1.29 is 23.2 Å². The average molecular weight is 451 g/mol. The lowest BCUT2D eigenvalue weighted by atomic mass is 10.1. The van der Waals surface area contributed by atoms with Crippen LogP contribution in [0.15, 0.2) is 78.4 Å². The second kappa shape index (κ2) is 11.0. The molecule has 3 rings (SSSR count). The van der Waals surface area contributed by atoms with Gasteiger partial charge in [0.25, 0.3) is 5.91 Å². The van der Waals surface area contributed by atoms with E-state index in [9.17, 15) is 18.4 Å². The highest BCUT2D eigenvalue weighted by molar-refractivity contribution is 6.08. The largest absolute Gasteiger partial charge is 0.326 e. The fraction of sp³-hybridized carbons (Fsp3) is 0.120. The van der Waals surface area contributed by atoms with Gasteiger partial charge in [0.1, 0.15) is 17.2 Å². The number of allylic oxidation sites excluding steroid dienone is 1. The normalized spacial score (nSPS) is 10.3. The summed E-state index contributed by atoms with van der Waals surface area (Å²) in [7, 11) is 0. The predicted octanol–water partition coefficient (Wildman–Crippen LogP) is 5.40. The Labute approximate surface area is 190 Å². The van der Waals surface area contributed by atoms with E-state index in [0.717, 1.165) is 40.6 Å². The lowest BCUT2D eigenvalue weighted by molar-refractivity contribution is 0.0642. The van der Waals surface area contributed by atoms with Crippen LogP contribution in [0.2, 0.25) is 0 Å². The zero-order chi connectivity index (χ0) is 23.8. The number of hydrogen-bond donors (Lipinski definition) is 3. The highest BCUT2D eigenvalue weighted by Crippen LogP contribution is 2.17. The molecule has 0 aromatic heterocycles. The lowest BCUT2D eigenvalue weighted by Crippen LogP contribution is -2.35. The summed E-state index contributed by atoms with van der Waals surface area (Å²) in [6, 6.07) is 18.6. The minimum atomic E-state index is -1.17. The van der Waals surface area contributed by atoms with Crippen LogP contribution in [-0.2, 0) is 11.4 Å². The number of anilines is 1. The van der Waals surface area contributed by atoms with Gasteiger partial charge in [-0.2, -0.15) is 0 Å². The van der Waals surface area contributed by atoms with Crippen LogP contribution in [-0.4, -0.2) is 11.9 Å². The van der Waals surface area contributed by atoms with Gasteiger partial charge in [-0.25, -0.2) is 13.6 Å². The summed E-state index contributed by atoms with van der Waals surface area (Å²) in [6.45, 7) is 4.23. The Morgan fingerprint density at radius 1 is 0.848 bits per heavy atom. The first-order valence-electron chi connectivity index (χ1n) is 10.1. The van der Waals surface area contributed by atoms with Crippen LogP contribution in [0.3, 0.4) is 0 Å². The van der Waals surface area contributed by atoms with Crippen molar-refractivity contribution in [3.63, 3.8) is 0 Å². The summed E-state index contributed by atoms with van der Waals surface area (Å²) in [5.74, 6) is -3.28. The molecule has 0 atom stereocenters. The second-order valence-corrected chi connectivity index (χ2v) is 7.33. The van der Waals surface area contributed by atoms with E-state index in [-0.39, 0.29) is 6.61 Å². The molecule has 0 unspecified atom stereocenters. The molecule has 0 aliphatic rings. The maximum absolute atomic E-state index is 13.7. The van der Waals surface area contributed by atoms with Gasteiger partial charge in [-0.05, 0) is 49.2 Å². The van der Waals surface area contributed by atoms with Crippen LogP contribution in [0.25, 0.3) is 5.70 Å². The number of rotatable bonds is 7. The molecule has 0 spiro atoms. The molecule has 0 saturated heterocycles. The molecular weight excluding hydrogens is 428 g/mol. The van der Waals surface area contributed by atoms with Crippen LogP contribution in [0, 0.1) is 11.6 Å². The van der Waals surface area contributed by atoms with Crippen LogP contribution < -0.4 is 16.1 Å². The molecule has 0 aliphatic heterocycles. The van der Waals surface area contributed by atoms with E-state index >= 15 is 0 Å². The monoisotopic (exact) mass is 451 g/mol. The number of carbonyl (C=O) groups excluding carboxylic acids is 2. The van der Waals surface area contributed by atoms with Crippen LogP contribution in [0.4, 0.5) is 19.3 Å². The Morgan fingerprint density at radius 3 is 2.09 bits per heavy atom. The van der Waals surface area contributed by atoms with Gasteiger partial charge < -0.3 is 5.32 Å². The zero-order valence-electron chi connectivity index (χ0n) is 18.1. The van der Waals surface area contributed by atoms with Gasteiger partial charge in [-0.15, -0.1) is 0 Å². The van der Waals surface area contributed by atoms with Gasteiger partial charge >= 0.3 is 6.03 Å². The highest BCUT2D eigenvalue weighted by Gasteiger charge is 2.19. The second-order valence-electron chi connectivity index (χ2n) is 7.33. The van der Waals surface area contributed by atoms with E-state index in [4.69, 9.17) is 4.84 Å². The van der Waals surface area contributed by atoms with E-state index < -0.39 is 29.1 Å². The highest BCUT2D eigenvalue weighted by atomic mass is 19.1. The molecule has 3 amide bonds. The van der Waals surface area contributed by atoms with Crippen LogP contribution in [0.1, 0.15) is 35.3 Å². The maximum Gasteiger partial charge on any atom is 0.326 e. The van der Waals surface area contributed by atoms with Crippen molar-refractivity contribution in [2.75, 3.05) is 5.32 Å². The average Bonchev–Trinajstić information content (AvgIpc) is 2.78. The van der Waals surface area contributed by atoms with E-state index in [1.54, 1.807) is 24.3 Å². The third-order valence-corrected chi connectivity index (χ3v) is 4.60. The molecule has 3 aromatic rings. The van der Waals surface area contributed by atoms with Gasteiger partial charge in [0.2, 0.25) is 0 Å². The molecule has 6 nitrogen and oxygen atoms in total. The Hall–Kier alpha value is -4.04. The van der Waals surface area contributed by atoms with Crippen molar-refractivity contribution in [3.05, 3.63) is 107 Å². The standard InChI is InChI=1S/C25H23F2N3O3/c1-16(2)23(18-7-4-3-5-8-18)30-33-15-17-11-13-19(14-12-17)28-25(32)29-24(31)22-20(26)9-6-10-21(22)27/h3-14,30H,15H2,1-2H3,(H2,28,29,31,32). The molecule has 0 radical (unpaired) electrons. The number of carbonyl (C=O) groups is 2. The van der Waals surface area contributed by atoms with E-state index in [1.807, 2.05) is 49.5 Å².